The zero-order chi connectivity index (χ0) is 17.2. The molecule has 0 amide bonds. The Labute approximate surface area is 140 Å². The van der Waals surface area contributed by atoms with Crippen molar-refractivity contribution in [2.75, 3.05) is 5.43 Å². The van der Waals surface area contributed by atoms with E-state index in [1.807, 2.05) is 30.3 Å². The summed E-state index contributed by atoms with van der Waals surface area (Å²) >= 11 is 5.89. The van der Waals surface area contributed by atoms with E-state index in [0.29, 0.717) is 0 Å². The number of hydrogen-bond acceptors (Lipinski definition) is 3. The van der Waals surface area contributed by atoms with Crippen LogP contribution in [0.1, 0.15) is 11.1 Å². The van der Waals surface area contributed by atoms with Gasteiger partial charge in [-0.25, -0.2) is 0 Å². The van der Waals surface area contributed by atoms with Crippen LogP contribution in [0.4, 0.5) is 18.9 Å². The van der Waals surface area contributed by atoms with Crippen LogP contribution in [0.2, 0.25) is 5.02 Å². The highest BCUT2D eigenvalue weighted by atomic mass is 35.5. The first-order valence-electron chi connectivity index (χ1n) is 6.94. The summed E-state index contributed by atoms with van der Waals surface area (Å²) in [5, 5.41) is 5.05. The lowest BCUT2D eigenvalue weighted by Crippen LogP contribution is -2.05. The molecule has 0 fully saturated rings. The molecule has 0 saturated heterocycles. The minimum absolute atomic E-state index is 0.0881. The monoisotopic (exact) mass is 349 g/mol. The fourth-order valence-corrected chi connectivity index (χ4v) is 2.30. The second kappa shape index (κ2) is 6.49. The number of pyridine rings is 1. The number of hydrazone groups is 1. The van der Waals surface area contributed by atoms with Crippen LogP contribution in [0.25, 0.3) is 10.9 Å². The minimum atomic E-state index is -4.43. The molecule has 0 radical (unpaired) electrons. The van der Waals surface area contributed by atoms with Crippen LogP contribution in [-0.2, 0) is 6.18 Å². The third-order valence-electron chi connectivity index (χ3n) is 3.32. The smallest absolute Gasteiger partial charge is 0.277 e. The molecule has 3 nitrogen and oxygen atoms in total. The summed E-state index contributed by atoms with van der Waals surface area (Å²) < 4.78 is 38.2. The number of nitrogens with one attached hydrogen (secondary N) is 1. The van der Waals surface area contributed by atoms with E-state index < -0.39 is 11.7 Å². The average molecular weight is 350 g/mol. The van der Waals surface area contributed by atoms with Crippen LogP contribution in [0.5, 0.6) is 0 Å². The first kappa shape index (κ1) is 16.3. The molecule has 0 spiro atoms. The number of fused-ring (bicyclic) bond motifs is 1. The summed E-state index contributed by atoms with van der Waals surface area (Å²) in [6, 6.07) is 12.3. The van der Waals surface area contributed by atoms with E-state index in [9.17, 15) is 13.2 Å². The van der Waals surface area contributed by atoms with Gasteiger partial charge in [0.1, 0.15) is 0 Å². The number of alkyl halides is 3. The van der Waals surface area contributed by atoms with E-state index in [4.69, 9.17) is 11.6 Å². The molecule has 0 aliphatic carbocycles. The molecule has 24 heavy (non-hydrogen) atoms. The number of anilines is 1. The number of benzene rings is 2. The van der Waals surface area contributed by atoms with Gasteiger partial charge in [-0.15, -0.1) is 0 Å². The molecule has 2 aromatic carbocycles. The summed E-state index contributed by atoms with van der Waals surface area (Å²) in [5.41, 5.74) is 3.48. The topological polar surface area (TPSA) is 37.3 Å². The molecule has 1 N–H and O–H groups in total. The van der Waals surface area contributed by atoms with Crippen molar-refractivity contribution in [1.29, 1.82) is 0 Å². The van der Waals surface area contributed by atoms with Gasteiger partial charge in [-0.1, -0.05) is 23.7 Å². The molecule has 1 aromatic heterocycles. The van der Waals surface area contributed by atoms with Crippen LogP contribution >= 0.6 is 11.6 Å². The number of hydrogen-bond donors (Lipinski definition) is 1. The Morgan fingerprint density at radius 1 is 1.08 bits per heavy atom. The molecular weight excluding hydrogens is 339 g/mol. The fourth-order valence-electron chi connectivity index (χ4n) is 2.14. The highest BCUT2D eigenvalue weighted by molar-refractivity contribution is 6.33. The minimum Gasteiger partial charge on any atom is -0.277 e. The maximum atomic E-state index is 12.7. The third-order valence-corrected chi connectivity index (χ3v) is 3.65. The van der Waals surface area contributed by atoms with E-state index >= 15 is 0 Å². The van der Waals surface area contributed by atoms with Crippen molar-refractivity contribution in [2.45, 2.75) is 6.18 Å². The van der Waals surface area contributed by atoms with E-state index in [1.54, 1.807) is 6.20 Å². The van der Waals surface area contributed by atoms with Gasteiger partial charge < -0.3 is 0 Å². The molecule has 122 valence electrons. The normalized spacial score (nSPS) is 12.0. The summed E-state index contributed by atoms with van der Waals surface area (Å²) in [7, 11) is 0. The van der Waals surface area contributed by atoms with E-state index in [2.05, 4.69) is 15.5 Å². The number of nitrogens with zero attached hydrogens (tertiary/aromatic N) is 2. The lowest BCUT2D eigenvalue weighted by atomic mass is 10.1. The molecular formula is C17H11ClF3N3. The highest BCUT2D eigenvalue weighted by Gasteiger charge is 2.30. The molecule has 0 aliphatic rings. The zero-order valence-corrected chi connectivity index (χ0v) is 12.9. The molecule has 0 aliphatic heterocycles. The van der Waals surface area contributed by atoms with Crippen molar-refractivity contribution in [1.82, 2.24) is 4.98 Å². The van der Waals surface area contributed by atoms with Crippen LogP contribution in [0.15, 0.2) is 59.8 Å². The Bertz CT molecular complexity index is 907. The van der Waals surface area contributed by atoms with E-state index in [-0.39, 0.29) is 10.7 Å². The van der Waals surface area contributed by atoms with Gasteiger partial charge in [0.15, 0.2) is 0 Å². The van der Waals surface area contributed by atoms with Gasteiger partial charge in [0, 0.05) is 11.6 Å². The Morgan fingerprint density at radius 3 is 2.71 bits per heavy atom. The number of rotatable bonds is 3. The lowest BCUT2D eigenvalue weighted by Gasteiger charge is -2.09. The maximum Gasteiger partial charge on any atom is 0.416 e. The zero-order valence-electron chi connectivity index (χ0n) is 12.2. The second-order valence-corrected chi connectivity index (χ2v) is 5.43. The molecule has 0 saturated carbocycles. The van der Waals surface area contributed by atoms with E-state index in [1.165, 1.54) is 12.3 Å². The first-order valence-corrected chi connectivity index (χ1v) is 7.32. The van der Waals surface area contributed by atoms with Gasteiger partial charge in [0.25, 0.3) is 0 Å². The Kier molecular flexibility index (Phi) is 4.40. The quantitative estimate of drug-likeness (QED) is 0.511. The SMILES string of the molecule is FC(F)(F)c1ccc(Cl)c(N/N=C\c2ccc3ncccc3c2)c1. The Morgan fingerprint density at radius 2 is 1.92 bits per heavy atom. The maximum absolute atomic E-state index is 12.7. The summed E-state index contributed by atoms with van der Waals surface area (Å²) in [5.74, 6) is 0. The molecule has 0 unspecified atom stereocenters. The van der Waals surface area contributed by atoms with Crippen LogP contribution in [0, 0.1) is 0 Å². The number of aromatic nitrogens is 1. The summed E-state index contributed by atoms with van der Waals surface area (Å²) in [4.78, 5) is 4.21. The van der Waals surface area contributed by atoms with E-state index in [0.717, 1.165) is 28.6 Å². The second-order valence-electron chi connectivity index (χ2n) is 5.02. The predicted molar refractivity (Wildman–Crippen MR) is 89.4 cm³/mol. The first-order chi connectivity index (χ1) is 11.4. The lowest BCUT2D eigenvalue weighted by molar-refractivity contribution is -0.137. The molecule has 7 heteroatoms. The Hall–Kier alpha value is -2.60. The van der Waals surface area contributed by atoms with Gasteiger partial charge >= 0.3 is 6.18 Å². The summed E-state index contributed by atoms with van der Waals surface area (Å²) in [6.45, 7) is 0. The summed E-state index contributed by atoms with van der Waals surface area (Å²) in [6.07, 6.45) is -1.23. The van der Waals surface area contributed by atoms with Crippen molar-refractivity contribution in [3.05, 3.63) is 70.9 Å². The van der Waals surface area contributed by atoms with Gasteiger partial charge in [0.2, 0.25) is 0 Å². The van der Waals surface area contributed by atoms with Gasteiger partial charge in [-0.05, 0) is 42.0 Å². The van der Waals surface area contributed by atoms with Gasteiger partial charge in [-0.3, -0.25) is 10.4 Å². The molecule has 3 aromatic rings. The predicted octanol–water partition coefficient (Wildman–Crippen LogP) is 5.35. The third kappa shape index (κ3) is 3.65. The average Bonchev–Trinajstić information content (AvgIpc) is 2.55. The molecule has 1 heterocycles. The molecule has 0 atom stereocenters. The van der Waals surface area contributed by atoms with Gasteiger partial charge in [-0.2, -0.15) is 18.3 Å². The van der Waals surface area contributed by atoms with Crippen molar-refractivity contribution in [3.63, 3.8) is 0 Å². The van der Waals surface area contributed by atoms with Crippen molar-refractivity contribution < 1.29 is 13.2 Å². The highest BCUT2D eigenvalue weighted by Crippen LogP contribution is 2.33. The van der Waals surface area contributed by atoms with Crippen LogP contribution in [-0.4, -0.2) is 11.2 Å². The molecule has 3 rings (SSSR count). The van der Waals surface area contributed by atoms with Crippen LogP contribution < -0.4 is 5.43 Å². The molecule has 0 bridgehead atoms. The largest absolute Gasteiger partial charge is 0.416 e. The standard InChI is InChI=1S/C17H11ClF3N3/c18-14-5-4-13(17(19,20)21)9-16(14)24-23-10-11-3-6-15-12(8-11)2-1-7-22-15/h1-10,24H/b23-10-. The van der Waals surface area contributed by atoms with Crippen LogP contribution in [0.3, 0.4) is 0 Å². The van der Waals surface area contributed by atoms with Crippen molar-refractivity contribution in [2.24, 2.45) is 5.10 Å². The van der Waals surface area contributed by atoms with Crippen molar-refractivity contribution >= 4 is 34.4 Å². The van der Waals surface area contributed by atoms with Crippen molar-refractivity contribution in [3.8, 4) is 0 Å². The Balaban J connectivity index is 1.80. The fraction of sp³-hybridized carbons (Fsp3) is 0.0588. The number of halogens is 4. The van der Waals surface area contributed by atoms with Gasteiger partial charge in [0.05, 0.1) is 28.0 Å².